The Morgan fingerprint density at radius 3 is 2.30 bits per heavy atom. The van der Waals surface area contributed by atoms with Crippen LogP contribution in [-0.2, 0) is 16.1 Å². The summed E-state index contributed by atoms with van der Waals surface area (Å²) in [7, 11) is 0. The molecule has 1 aliphatic heterocycles. The van der Waals surface area contributed by atoms with E-state index < -0.39 is 35.9 Å². The van der Waals surface area contributed by atoms with Crippen LogP contribution in [0.2, 0.25) is 0 Å². The van der Waals surface area contributed by atoms with Gasteiger partial charge in [0, 0.05) is 18.8 Å². The zero-order valence-corrected chi connectivity index (χ0v) is 18.2. The van der Waals surface area contributed by atoms with Crippen LogP contribution >= 0.6 is 0 Å². The number of rotatable bonds is 7. The molecular formula is C23H26F3N3O4. The van der Waals surface area contributed by atoms with Crippen LogP contribution in [0.1, 0.15) is 31.0 Å². The van der Waals surface area contributed by atoms with Gasteiger partial charge in [0.15, 0.2) is 0 Å². The van der Waals surface area contributed by atoms with Gasteiger partial charge in [0.2, 0.25) is 0 Å². The first-order valence-electron chi connectivity index (χ1n) is 10.5. The molecule has 0 aliphatic carbocycles. The van der Waals surface area contributed by atoms with Crippen molar-refractivity contribution >= 4 is 17.7 Å². The number of halogens is 3. The molecule has 0 unspecified atom stereocenters. The van der Waals surface area contributed by atoms with Gasteiger partial charge in [-0.1, -0.05) is 42.5 Å². The number of alkyl halides is 3. The zero-order valence-electron chi connectivity index (χ0n) is 18.2. The Morgan fingerprint density at radius 1 is 1.12 bits per heavy atom. The van der Waals surface area contributed by atoms with Crippen molar-refractivity contribution < 1.29 is 32.6 Å². The largest absolute Gasteiger partial charge is 0.466 e. The molecule has 0 radical (unpaired) electrons. The number of hydrogen-bond donors (Lipinski definition) is 3. The first-order valence-corrected chi connectivity index (χ1v) is 10.5. The third-order valence-electron chi connectivity index (χ3n) is 5.56. The Labute approximate surface area is 189 Å². The highest BCUT2D eigenvalue weighted by molar-refractivity contribution is 5.83. The number of hydrogen-bond acceptors (Lipinski definition) is 5. The van der Waals surface area contributed by atoms with Gasteiger partial charge in [0.1, 0.15) is 5.92 Å². The quantitative estimate of drug-likeness (QED) is 0.545. The Hall–Kier alpha value is -3.27. The van der Waals surface area contributed by atoms with E-state index in [1.54, 1.807) is 12.1 Å². The summed E-state index contributed by atoms with van der Waals surface area (Å²) in [6.45, 7) is 4.53. The molecule has 0 aromatic heterocycles. The van der Waals surface area contributed by atoms with Crippen molar-refractivity contribution in [1.29, 1.82) is 0 Å². The number of amides is 2. The summed E-state index contributed by atoms with van der Waals surface area (Å²) >= 11 is 0. The molecule has 7 nitrogen and oxygen atoms in total. The Morgan fingerprint density at radius 2 is 1.76 bits per heavy atom. The van der Waals surface area contributed by atoms with E-state index in [-0.39, 0.29) is 12.2 Å². The molecule has 178 valence electrons. The molecule has 3 rings (SSSR count). The number of aliphatic hydroxyl groups is 1. The smallest absolute Gasteiger partial charge is 0.437 e. The van der Waals surface area contributed by atoms with Gasteiger partial charge in [-0.25, -0.2) is 4.79 Å². The summed E-state index contributed by atoms with van der Waals surface area (Å²) in [6, 6.07) is 13.5. The maximum absolute atomic E-state index is 13.8. The second-order valence-electron chi connectivity index (χ2n) is 7.66. The lowest BCUT2D eigenvalue weighted by Crippen LogP contribution is -2.73. The molecule has 1 heterocycles. The van der Waals surface area contributed by atoms with Crippen LogP contribution in [-0.4, -0.2) is 42.2 Å². The van der Waals surface area contributed by atoms with E-state index in [1.807, 2.05) is 37.3 Å². The normalized spacial score (nSPS) is 22.8. The fourth-order valence-electron chi connectivity index (χ4n) is 3.90. The number of urea groups is 1. The molecule has 1 saturated heterocycles. The molecule has 0 spiro atoms. The number of ether oxygens (including phenoxy) is 1. The third kappa shape index (κ3) is 5.05. The van der Waals surface area contributed by atoms with Crippen molar-refractivity contribution in [2.75, 3.05) is 18.1 Å². The van der Waals surface area contributed by atoms with Gasteiger partial charge < -0.3 is 25.4 Å². The van der Waals surface area contributed by atoms with Gasteiger partial charge in [-0.3, -0.25) is 4.79 Å². The molecule has 0 saturated carbocycles. The van der Waals surface area contributed by atoms with Crippen LogP contribution in [0.3, 0.4) is 0 Å². The molecule has 0 bridgehead atoms. The highest BCUT2D eigenvalue weighted by Crippen LogP contribution is 2.43. The van der Waals surface area contributed by atoms with Gasteiger partial charge in [0.25, 0.3) is 5.72 Å². The van der Waals surface area contributed by atoms with E-state index in [9.17, 15) is 27.9 Å². The monoisotopic (exact) mass is 465 g/mol. The maximum Gasteiger partial charge on any atom is 0.437 e. The summed E-state index contributed by atoms with van der Waals surface area (Å²) < 4.78 is 46.1. The summed E-state index contributed by atoms with van der Waals surface area (Å²) in [5.74, 6) is -3.43. The maximum atomic E-state index is 13.8. The summed E-state index contributed by atoms with van der Waals surface area (Å²) in [4.78, 5) is 26.6. The third-order valence-corrected chi connectivity index (χ3v) is 5.56. The molecular weight excluding hydrogens is 439 g/mol. The van der Waals surface area contributed by atoms with Crippen LogP contribution in [0.15, 0.2) is 54.6 Å². The van der Waals surface area contributed by atoms with Crippen molar-refractivity contribution in [3.05, 3.63) is 65.7 Å². The Bertz CT molecular complexity index is 969. The SMILES string of the molecule is CCOC(=O)[C@@H]1[C@@H](c2ccc(N(CC)Cc3ccccc3)cc2)NC(=O)N[C@@]1(O)C(F)(F)F. The first kappa shape index (κ1) is 24.4. The lowest BCUT2D eigenvalue weighted by Gasteiger charge is -2.44. The number of benzene rings is 2. The van der Waals surface area contributed by atoms with Crippen molar-refractivity contribution in [2.24, 2.45) is 5.92 Å². The van der Waals surface area contributed by atoms with Crippen LogP contribution in [0, 0.1) is 5.92 Å². The van der Waals surface area contributed by atoms with E-state index in [4.69, 9.17) is 4.74 Å². The topological polar surface area (TPSA) is 90.9 Å². The molecule has 2 aromatic carbocycles. The Kier molecular flexibility index (Phi) is 7.16. The minimum Gasteiger partial charge on any atom is -0.466 e. The average Bonchev–Trinajstić information content (AvgIpc) is 2.77. The average molecular weight is 465 g/mol. The molecule has 2 amide bonds. The van der Waals surface area contributed by atoms with Gasteiger partial charge in [-0.05, 0) is 37.1 Å². The van der Waals surface area contributed by atoms with Gasteiger partial charge >= 0.3 is 18.2 Å². The Balaban J connectivity index is 1.93. The number of esters is 1. The summed E-state index contributed by atoms with van der Waals surface area (Å²) in [5, 5.41) is 14.2. The molecule has 33 heavy (non-hydrogen) atoms. The van der Waals surface area contributed by atoms with Gasteiger partial charge in [-0.15, -0.1) is 0 Å². The van der Waals surface area contributed by atoms with E-state index in [0.717, 1.165) is 11.3 Å². The van der Waals surface area contributed by atoms with E-state index in [2.05, 4.69) is 10.2 Å². The molecule has 10 heteroatoms. The fraction of sp³-hybridized carbons (Fsp3) is 0.391. The lowest BCUT2D eigenvalue weighted by molar-refractivity contribution is -0.294. The fourth-order valence-corrected chi connectivity index (χ4v) is 3.90. The second-order valence-corrected chi connectivity index (χ2v) is 7.66. The number of carbonyl (C=O) groups is 2. The number of nitrogens with one attached hydrogen (secondary N) is 2. The van der Waals surface area contributed by atoms with Crippen LogP contribution in [0.25, 0.3) is 0 Å². The van der Waals surface area contributed by atoms with Gasteiger partial charge in [0.05, 0.1) is 12.6 Å². The van der Waals surface area contributed by atoms with Crippen molar-refractivity contribution in [2.45, 2.75) is 38.3 Å². The summed E-state index contributed by atoms with van der Waals surface area (Å²) in [5.41, 5.74) is -1.66. The predicted octanol–water partition coefficient (Wildman–Crippen LogP) is 3.50. The number of nitrogens with zero attached hydrogens (tertiary/aromatic N) is 1. The highest BCUT2D eigenvalue weighted by atomic mass is 19.4. The number of anilines is 1. The summed E-state index contributed by atoms with van der Waals surface area (Å²) in [6.07, 6.45) is -5.31. The molecule has 1 fully saturated rings. The van der Waals surface area contributed by atoms with Crippen molar-refractivity contribution in [3.8, 4) is 0 Å². The van der Waals surface area contributed by atoms with Crippen molar-refractivity contribution in [3.63, 3.8) is 0 Å². The minimum absolute atomic E-state index is 0.187. The van der Waals surface area contributed by atoms with E-state index in [1.165, 1.54) is 24.4 Å². The van der Waals surface area contributed by atoms with Crippen molar-refractivity contribution in [1.82, 2.24) is 10.6 Å². The highest BCUT2D eigenvalue weighted by Gasteiger charge is 2.67. The lowest BCUT2D eigenvalue weighted by atomic mass is 9.82. The van der Waals surface area contributed by atoms with Crippen LogP contribution in [0.4, 0.5) is 23.7 Å². The zero-order chi connectivity index (χ0) is 24.2. The molecule has 3 atom stereocenters. The molecule has 1 aliphatic rings. The van der Waals surface area contributed by atoms with Crippen LogP contribution < -0.4 is 15.5 Å². The standard InChI is InChI=1S/C23H26F3N3O4/c1-3-29(14-15-8-6-5-7-9-15)17-12-10-16(11-13-17)19-18(20(30)33-4-2)22(32,23(24,25)26)28-21(31)27-19/h5-13,18-19,32H,3-4,14H2,1-2H3,(H2,27,28,31)/t18-,19+,22-/m0/s1. The first-order chi connectivity index (χ1) is 15.6. The molecule has 3 N–H and O–H groups in total. The minimum atomic E-state index is -5.31. The molecule has 2 aromatic rings. The van der Waals surface area contributed by atoms with E-state index >= 15 is 0 Å². The van der Waals surface area contributed by atoms with Crippen LogP contribution in [0.5, 0.6) is 0 Å². The second kappa shape index (κ2) is 9.70. The predicted molar refractivity (Wildman–Crippen MR) is 115 cm³/mol. The van der Waals surface area contributed by atoms with Gasteiger partial charge in [-0.2, -0.15) is 13.2 Å². The number of carbonyl (C=O) groups excluding carboxylic acids is 2. The van der Waals surface area contributed by atoms with E-state index in [0.29, 0.717) is 13.1 Å².